The lowest BCUT2D eigenvalue weighted by Crippen LogP contribution is -2.41. The van der Waals surface area contributed by atoms with Gasteiger partial charge in [-0.3, -0.25) is 4.98 Å². The van der Waals surface area contributed by atoms with Gasteiger partial charge in [-0.1, -0.05) is 6.07 Å². The first-order valence-electron chi connectivity index (χ1n) is 6.23. The van der Waals surface area contributed by atoms with Crippen LogP contribution >= 0.6 is 0 Å². The molecule has 1 saturated heterocycles. The van der Waals surface area contributed by atoms with E-state index in [-0.39, 0.29) is 11.2 Å². The van der Waals surface area contributed by atoms with Gasteiger partial charge < -0.3 is 14.4 Å². The minimum atomic E-state index is -0.639. The van der Waals surface area contributed by atoms with Gasteiger partial charge in [0.1, 0.15) is 0 Å². The van der Waals surface area contributed by atoms with Gasteiger partial charge in [0.15, 0.2) is 0 Å². The SMILES string of the molecule is CC(O)c1ncccc1B1OC(C)(C)C(C)(C)O1. The van der Waals surface area contributed by atoms with Gasteiger partial charge in [0.2, 0.25) is 0 Å². The number of aliphatic hydroxyl groups is 1. The summed E-state index contributed by atoms with van der Waals surface area (Å²) in [5.74, 6) is 0. The van der Waals surface area contributed by atoms with Gasteiger partial charge in [-0.15, -0.1) is 0 Å². The van der Waals surface area contributed by atoms with Gasteiger partial charge in [-0.25, -0.2) is 0 Å². The first-order valence-corrected chi connectivity index (χ1v) is 6.23. The van der Waals surface area contributed by atoms with Crippen LogP contribution in [0.3, 0.4) is 0 Å². The first-order chi connectivity index (χ1) is 8.24. The molecule has 0 amide bonds. The van der Waals surface area contributed by atoms with Gasteiger partial charge in [0, 0.05) is 11.7 Å². The van der Waals surface area contributed by atoms with E-state index in [9.17, 15) is 5.11 Å². The minimum absolute atomic E-state index is 0.385. The van der Waals surface area contributed by atoms with E-state index in [1.807, 2.05) is 39.8 Å². The predicted molar refractivity (Wildman–Crippen MR) is 70.6 cm³/mol. The molecule has 18 heavy (non-hydrogen) atoms. The number of rotatable bonds is 2. The van der Waals surface area contributed by atoms with E-state index in [4.69, 9.17) is 9.31 Å². The van der Waals surface area contributed by atoms with Gasteiger partial charge in [-0.05, 0) is 40.7 Å². The normalized spacial score (nSPS) is 23.1. The molecule has 4 nitrogen and oxygen atoms in total. The minimum Gasteiger partial charge on any atom is -0.399 e. The summed E-state index contributed by atoms with van der Waals surface area (Å²) in [6, 6.07) is 3.71. The maximum absolute atomic E-state index is 9.75. The number of aromatic nitrogens is 1. The molecule has 2 rings (SSSR count). The summed E-state index contributed by atoms with van der Waals surface area (Å²) in [4.78, 5) is 4.21. The fourth-order valence-electron chi connectivity index (χ4n) is 1.95. The Morgan fingerprint density at radius 2 is 1.78 bits per heavy atom. The molecule has 1 aromatic rings. The van der Waals surface area contributed by atoms with Crippen LogP contribution in [0.4, 0.5) is 0 Å². The largest absolute Gasteiger partial charge is 0.496 e. The smallest absolute Gasteiger partial charge is 0.399 e. The highest BCUT2D eigenvalue weighted by Crippen LogP contribution is 2.36. The molecule has 1 atom stereocenters. The molecule has 5 heteroatoms. The molecule has 1 aliphatic rings. The second-order valence-electron chi connectivity index (χ2n) is 5.74. The van der Waals surface area contributed by atoms with Crippen molar-refractivity contribution in [1.82, 2.24) is 4.98 Å². The molecular weight excluding hydrogens is 229 g/mol. The third-order valence-electron chi connectivity index (χ3n) is 3.77. The molecule has 0 saturated carbocycles. The second kappa shape index (κ2) is 4.33. The average molecular weight is 249 g/mol. The Kier molecular flexibility index (Phi) is 3.26. The van der Waals surface area contributed by atoms with Crippen molar-refractivity contribution in [2.24, 2.45) is 0 Å². The van der Waals surface area contributed by atoms with E-state index in [1.54, 1.807) is 13.1 Å². The summed E-state index contributed by atoms with van der Waals surface area (Å²) in [6.45, 7) is 9.71. The molecule has 2 heterocycles. The van der Waals surface area contributed by atoms with Crippen molar-refractivity contribution < 1.29 is 14.4 Å². The Labute approximate surface area is 108 Å². The third kappa shape index (κ3) is 2.18. The average Bonchev–Trinajstić information content (AvgIpc) is 2.48. The lowest BCUT2D eigenvalue weighted by atomic mass is 9.77. The molecule has 0 spiro atoms. The molecule has 0 aliphatic carbocycles. The molecule has 0 radical (unpaired) electrons. The fourth-order valence-corrected chi connectivity index (χ4v) is 1.95. The van der Waals surface area contributed by atoms with Crippen molar-refractivity contribution >= 4 is 12.6 Å². The zero-order chi connectivity index (χ0) is 13.6. The fraction of sp³-hybridized carbons (Fsp3) is 0.615. The van der Waals surface area contributed by atoms with Crippen LogP contribution in [-0.2, 0) is 9.31 Å². The van der Waals surface area contributed by atoms with E-state index in [0.29, 0.717) is 5.69 Å². The zero-order valence-corrected chi connectivity index (χ0v) is 11.6. The van der Waals surface area contributed by atoms with Crippen LogP contribution in [-0.4, -0.2) is 28.4 Å². The molecule has 1 N–H and O–H groups in total. The Morgan fingerprint density at radius 3 is 2.28 bits per heavy atom. The summed E-state index contributed by atoms with van der Waals surface area (Å²) in [5, 5.41) is 9.75. The van der Waals surface area contributed by atoms with Crippen LogP contribution in [0.15, 0.2) is 18.3 Å². The maximum atomic E-state index is 9.75. The standard InChI is InChI=1S/C13H20BNO3/c1-9(16)11-10(7-6-8-15-11)14-17-12(2,3)13(4,5)18-14/h6-9,16H,1-5H3. The molecule has 1 aromatic heterocycles. The highest BCUT2D eigenvalue weighted by atomic mass is 16.7. The Bertz CT molecular complexity index is 430. The maximum Gasteiger partial charge on any atom is 0.496 e. The van der Waals surface area contributed by atoms with Gasteiger partial charge in [0.05, 0.1) is 23.0 Å². The van der Waals surface area contributed by atoms with Crippen LogP contribution in [0.5, 0.6) is 0 Å². The quantitative estimate of drug-likeness (QED) is 0.805. The third-order valence-corrected chi connectivity index (χ3v) is 3.77. The summed E-state index contributed by atoms with van der Waals surface area (Å²) >= 11 is 0. The number of aliphatic hydroxyl groups excluding tert-OH is 1. The molecular formula is C13H20BNO3. The van der Waals surface area contributed by atoms with Gasteiger partial charge in [-0.2, -0.15) is 0 Å². The monoisotopic (exact) mass is 249 g/mol. The molecule has 98 valence electrons. The number of nitrogens with zero attached hydrogens (tertiary/aromatic N) is 1. The van der Waals surface area contributed by atoms with Crippen molar-refractivity contribution in [3.8, 4) is 0 Å². The van der Waals surface area contributed by atoms with E-state index in [1.165, 1.54) is 0 Å². The molecule has 1 unspecified atom stereocenters. The van der Waals surface area contributed by atoms with Crippen molar-refractivity contribution in [2.75, 3.05) is 0 Å². The summed E-state index contributed by atoms with van der Waals surface area (Å²) in [7, 11) is -0.478. The summed E-state index contributed by atoms with van der Waals surface area (Å²) in [5.41, 5.74) is 0.634. The van der Waals surface area contributed by atoms with Crippen LogP contribution in [0.25, 0.3) is 0 Å². The predicted octanol–water partition coefficient (Wildman–Crippen LogP) is 1.43. The topological polar surface area (TPSA) is 51.6 Å². The Morgan fingerprint density at radius 1 is 1.22 bits per heavy atom. The van der Waals surface area contributed by atoms with Crippen LogP contribution in [0, 0.1) is 0 Å². The van der Waals surface area contributed by atoms with Crippen molar-refractivity contribution in [1.29, 1.82) is 0 Å². The van der Waals surface area contributed by atoms with Crippen molar-refractivity contribution in [3.05, 3.63) is 24.0 Å². The highest BCUT2D eigenvalue weighted by Gasteiger charge is 2.52. The van der Waals surface area contributed by atoms with E-state index in [2.05, 4.69) is 4.98 Å². The zero-order valence-electron chi connectivity index (χ0n) is 11.6. The Hall–Kier alpha value is -0.905. The number of pyridine rings is 1. The van der Waals surface area contributed by atoms with Crippen LogP contribution < -0.4 is 5.46 Å². The van der Waals surface area contributed by atoms with E-state index >= 15 is 0 Å². The first kappa shape index (κ1) is 13.5. The summed E-state index contributed by atoms with van der Waals surface area (Å²) < 4.78 is 11.9. The second-order valence-corrected chi connectivity index (χ2v) is 5.74. The van der Waals surface area contributed by atoms with Crippen LogP contribution in [0.2, 0.25) is 0 Å². The van der Waals surface area contributed by atoms with E-state index < -0.39 is 13.2 Å². The van der Waals surface area contributed by atoms with Crippen molar-refractivity contribution in [3.63, 3.8) is 0 Å². The van der Waals surface area contributed by atoms with Crippen molar-refractivity contribution in [2.45, 2.75) is 51.9 Å². The summed E-state index contributed by atoms with van der Waals surface area (Å²) in [6.07, 6.45) is 1.02. The Balaban J connectivity index is 2.35. The van der Waals surface area contributed by atoms with Crippen LogP contribution in [0.1, 0.15) is 46.4 Å². The molecule has 1 aliphatic heterocycles. The number of hydrogen-bond donors (Lipinski definition) is 1. The highest BCUT2D eigenvalue weighted by molar-refractivity contribution is 6.62. The van der Waals surface area contributed by atoms with E-state index in [0.717, 1.165) is 5.46 Å². The molecule has 0 aromatic carbocycles. The van der Waals surface area contributed by atoms with Gasteiger partial charge >= 0.3 is 7.12 Å². The molecule has 1 fully saturated rings. The number of hydrogen-bond acceptors (Lipinski definition) is 4. The lowest BCUT2D eigenvalue weighted by molar-refractivity contribution is 0.00578. The lowest BCUT2D eigenvalue weighted by Gasteiger charge is -2.32. The molecule has 0 bridgehead atoms. The van der Waals surface area contributed by atoms with Gasteiger partial charge in [0.25, 0.3) is 0 Å².